The first-order valence-electron chi connectivity index (χ1n) is 10.2. The van der Waals surface area contributed by atoms with Gasteiger partial charge in [0.1, 0.15) is 5.75 Å². The van der Waals surface area contributed by atoms with Crippen LogP contribution in [0.5, 0.6) is 5.75 Å². The number of aryl methyl sites for hydroxylation is 1. The maximum atomic E-state index is 12.5. The molecule has 0 radical (unpaired) electrons. The molecule has 1 aromatic carbocycles. The van der Waals surface area contributed by atoms with E-state index in [1.54, 1.807) is 16.2 Å². The van der Waals surface area contributed by atoms with Gasteiger partial charge >= 0.3 is 6.09 Å². The summed E-state index contributed by atoms with van der Waals surface area (Å²) >= 11 is 1.69. The lowest BCUT2D eigenvalue weighted by Gasteiger charge is -2.33. The molecule has 0 N–H and O–H groups in total. The minimum Gasteiger partial charge on any atom is -0.410 e. The van der Waals surface area contributed by atoms with Crippen LogP contribution in [0, 0.1) is 6.92 Å². The number of hydrogen-bond donors (Lipinski definition) is 0. The highest BCUT2D eigenvalue weighted by Crippen LogP contribution is 2.17. The van der Waals surface area contributed by atoms with Crippen LogP contribution < -0.4 is 4.74 Å². The third-order valence-corrected chi connectivity index (χ3v) is 6.21. The number of nitrogens with zero attached hydrogens (tertiary/aromatic N) is 4. The molecule has 0 saturated carbocycles. The molecule has 0 atom stereocenters. The van der Waals surface area contributed by atoms with Crippen molar-refractivity contribution >= 4 is 17.4 Å². The van der Waals surface area contributed by atoms with Gasteiger partial charge in [0.05, 0.1) is 5.01 Å². The van der Waals surface area contributed by atoms with Gasteiger partial charge in [-0.2, -0.15) is 0 Å². The average molecular weight is 423 g/mol. The molecule has 156 valence electrons. The third kappa shape index (κ3) is 5.43. The van der Waals surface area contributed by atoms with Crippen molar-refractivity contribution in [3.8, 4) is 5.75 Å². The van der Waals surface area contributed by atoms with Crippen LogP contribution >= 0.6 is 11.3 Å². The van der Waals surface area contributed by atoms with E-state index in [1.165, 1.54) is 10.6 Å². The Balaban J connectivity index is 1.23. The van der Waals surface area contributed by atoms with E-state index >= 15 is 0 Å². The van der Waals surface area contributed by atoms with Gasteiger partial charge in [-0.15, -0.1) is 11.3 Å². The topological polar surface area (TPSA) is 58.6 Å². The Hall–Kier alpha value is -2.77. The number of thiazole rings is 1. The average Bonchev–Trinajstić information content (AvgIpc) is 3.29. The van der Waals surface area contributed by atoms with Crippen molar-refractivity contribution in [1.82, 2.24) is 19.8 Å². The fourth-order valence-corrected chi connectivity index (χ4v) is 4.13. The van der Waals surface area contributed by atoms with E-state index in [0.29, 0.717) is 18.8 Å². The van der Waals surface area contributed by atoms with Gasteiger partial charge < -0.3 is 9.64 Å². The molecule has 0 unspecified atom stereocenters. The summed E-state index contributed by atoms with van der Waals surface area (Å²) in [5.74, 6) is 0.577. The number of piperazine rings is 1. The Labute approximate surface area is 181 Å². The number of rotatable bonds is 6. The normalized spacial score (nSPS) is 14.6. The Morgan fingerprint density at radius 2 is 1.87 bits per heavy atom. The van der Waals surface area contributed by atoms with E-state index in [0.717, 1.165) is 43.7 Å². The number of benzene rings is 1. The fourth-order valence-electron chi connectivity index (χ4n) is 3.52. The van der Waals surface area contributed by atoms with Crippen molar-refractivity contribution in [2.75, 3.05) is 32.7 Å². The Morgan fingerprint density at radius 1 is 1.07 bits per heavy atom. The molecule has 0 aliphatic carbocycles. The Kier molecular flexibility index (Phi) is 6.71. The van der Waals surface area contributed by atoms with Crippen molar-refractivity contribution in [3.63, 3.8) is 0 Å². The second-order valence-electron chi connectivity index (χ2n) is 7.46. The van der Waals surface area contributed by atoms with Gasteiger partial charge in [-0.25, -0.2) is 9.78 Å². The molecule has 1 fully saturated rings. The summed E-state index contributed by atoms with van der Waals surface area (Å²) in [6, 6.07) is 11.7. The molecule has 1 aliphatic heterocycles. The van der Waals surface area contributed by atoms with E-state index in [2.05, 4.69) is 27.9 Å². The smallest absolute Gasteiger partial charge is 0.410 e. The molecule has 2 aromatic heterocycles. The highest BCUT2D eigenvalue weighted by Gasteiger charge is 2.22. The predicted octanol–water partition coefficient (Wildman–Crippen LogP) is 3.80. The number of pyridine rings is 1. The van der Waals surface area contributed by atoms with Crippen molar-refractivity contribution in [2.45, 2.75) is 19.8 Å². The quantitative estimate of drug-likeness (QED) is 0.605. The SMILES string of the molecule is Cc1cccnc1Cc1ccc(OC(=O)N2CCN(CCc3nccs3)CC2)cc1. The van der Waals surface area contributed by atoms with Crippen molar-refractivity contribution in [3.05, 3.63) is 76.0 Å². The van der Waals surface area contributed by atoms with E-state index < -0.39 is 0 Å². The molecular weight excluding hydrogens is 396 g/mol. The highest BCUT2D eigenvalue weighted by molar-refractivity contribution is 7.09. The second kappa shape index (κ2) is 9.82. The Bertz CT molecular complexity index is 952. The van der Waals surface area contributed by atoms with Crippen molar-refractivity contribution in [2.24, 2.45) is 0 Å². The summed E-state index contributed by atoms with van der Waals surface area (Å²) in [5.41, 5.74) is 3.39. The summed E-state index contributed by atoms with van der Waals surface area (Å²) in [7, 11) is 0. The van der Waals surface area contributed by atoms with E-state index in [9.17, 15) is 4.79 Å². The van der Waals surface area contributed by atoms with Crippen molar-refractivity contribution in [1.29, 1.82) is 0 Å². The summed E-state index contributed by atoms with van der Waals surface area (Å²) in [6.45, 7) is 6.15. The van der Waals surface area contributed by atoms with Crippen LogP contribution in [0.15, 0.2) is 54.2 Å². The first kappa shape index (κ1) is 20.5. The highest BCUT2D eigenvalue weighted by atomic mass is 32.1. The minimum atomic E-state index is -0.275. The predicted molar refractivity (Wildman–Crippen MR) is 118 cm³/mol. The van der Waals surface area contributed by atoms with Crippen LogP contribution in [0.4, 0.5) is 4.79 Å². The van der Waals surface area contributed by atoms with Crippen LogP contribution in [-0.4, -0.2) is 58.6 Å². The maximum Gasteiger partial charge on any atom is 0.415 e. The summed E-state index contributed by atoms with van der Waals surface area (Å²) in [5, 5.41) is 3.17. The molecule has 3 heterocycles. The third-order valence-electron chi connectivity index (χ3n) is 5.37. The number of ether oxygens (including phenoxy) is 1. The van der Waals surface area contributed by atoms with Gasteiger partial charge in [-0.1, -0.05) is 18.2 Å². The molecule has 3 aromatic rings. The standard InChI is InChI=1S/C23H26N4O2S/c1-18-3-2-9-24-21(18)17-19-4-6-20(7-5-19)29-23(28)27-14-12-26(13-15-27)11-8-22-25-10-16-30-22/h2-7,9-10,16H,8,11-15,17H2,1H3. The largest absolute Gasteiger partial charge is 0.415 e. The van der Waals surface area contributed by atoms with E-state index in [4.69, 9.17) is 4.74 Å². The number of carbonyl (C=O) groups excluding carboxylic acids is 1. The van der Waals surface area contributed by atoms with Gasteiger partial charge in [0, 0.05) is 69.0 Å². The zero-order valence-electron chi connectivity index (χ0n) is 17.2. The van der Waals surface area contributed by atoms with E-state index in [1.807, 2.05) is 48.1 Å². The summed E-state index contributed by atoms with van der Waals surface area (Å²) in [6.07, 6.45) is 5.12. The molecule has 6 nitrogen and oxygen atoms in total. The lowest BCUT2D eigenvalue weighted by Crippen LogP contribution is -2.49. The van der Waals surface area contributed by atoms with Gasteiger partial charge in [-0.05, 0) is 36.2 Å². The summed E-state index contributed by atoms with van der Waals surface area (Å²) < 4.78 is 5.58. The second-order valence-corrected chi connectivity index (χ2v) is 8.44. The molecular formula is C23H26N4O2S. The monoisotopic (exact) mass is 422 g/mol. The zero-order valence-corrected chi connectivity index (χ0v) is 18.0. The maximum absolute atomic E-state index is 12.5. The molecule has 1 aliphatic rings. The molecule has 0 spiro atoms. The lowest BCUT2D eigenvalue weighted by molar-refractivity contribution is 0.111. The van der Waals surface area contributed by atoms with Gasteiger partial charge in [0.15, 0.2) is 0 Å². The minimum absolute atomic E-state index is 0.275. The molecule has 0 bridgehead atoms. The molecule has 1 amide bonds. The van der Waals surface area contributed by atoms with Gasteiger partial charge in [-0.3, -0.25) is 9.88 Å². The first-order valence-corrected chi connectivity index (χ1v) is 11.1. The van der Waals surface area contributed by atoms with Crippen LogP contribution in [0.2, 0.25) is 0 Å². The number of carbonyl (C=O) groups is 1. The van der Waals surface area contributed by atoms with Crippen LogP contribution in [-0.2, 0) is 12.8 Å². The molecule has 7 heteroatoms. The van der Waals surface area contributed by atoms with E-state index in [-0.39, 0.29) is 6.09 Å². The molecule has 30 heavy (non-hydrogen) atoms. The van der Waals surface area contributed by atoms with Gasteiger partial charge in [0.25, 0.3) is 0 Å². The van der Waals surface area contributed by atoms with Gasteiger partial charge in [0.2, 0.25) is 0 Å². The number of amides is 1. The van der Waals surface area contributed by atoms with Crippen LogP contribution in [0.1, 0.15) is 21.8 Å². The number of hydrogen-bond acceptors (Lipinski definition) is 6. The summed E-state index contributed by atoms with van der Waals surface area (Å²) in [4.78, 5) is 25.4. The lowest BCUT2D eigenvalue weighted by atomic mass is 10.1. The zero-order chi connectivity index (χ0) is 20.8. The molecule has 4 rings (SSSR count). The number of aromatic nitrogens is 2. The van der Waals surface area contributed by atoms with Crippen LogP contribution in [0.3, 0.4) is 0 Å². The molecule has 1 saturated heterocycles. The fraction of sp³-hybridized carbons (Fsp3) is 0.348. The Morgan fingerprint density at radius 3 is 2.57 bits per heavy atom. The first-order chi connectivity index (χ1) is 14.7. The van der Waals surface area contributed by atoms with Crippen LogP contribution in [0.25, 0.3) is 0 Å². The van der Waals surface area contributed by atoms with Crippen molar-refractivity contribution < 1.29 is 9.53 Å².